The third-order valence-corrected chi connectivity index (χ3v) is 2.21. The summed E-state index contributed by atoms with van der Waals surface area (Å²) in [4.78, 5) is 14.2. The molecule has 0 unspecified atom stereocenters. The van der Waals surface area contributed by atoms with E-state index in [4.69, 9.17) is 9.84 Å². The standard InChI is InChI=1S/C11H16N2O4/c1-9-7-10(13(15)16)11(12-8-9)17-6-4-2-3-5-14/h7-8,14H,2-6H2,1H3. The Morgan fingerprint density at radius 2 is 2.24 bits per heavy atom. The van der Waals surface area contributed by atoms with E-state index in [-0.39, 0.29) is 18.2 Å². The van der Waals surface area contributed by atoms with Gasteiger partial charge in [-0.1, -0.05) is 0 Å². The quantitative estimate of drug-likeness (QED) is 0.446. The third-order valence-electron chi connectivity index (χ3n) is 2.21. The maximum Gasteiger partial charge on any atom is 0.331 e. The van der Waals surface area contributed by atoms with Crippen LogP contribution in [-0.4, -0.2) is 28.2 Å². The minimum absolute atomic E-state index is 0.0598. The van der Waals surface area contributed by atoms with E-state index in [1.165, 1.54) is 12.3 Å². The highest BCUT2D eigenvalue weighted by atomic mass is 16.6. The summed E-state index contributed by atoms with van der Waals surface area (Å²) < 4.78 is 5.27. The van der Waals surface area contributed by atoms with Crippen molar-refractivity contribution in [1.29, 1.82) is 0 Å². The van der Waals surface area contributed by atoms with Gasteiger partial charge in [-0.15, -0.1) is 0 Å². The number of pyridine rings is 1. The zero-order valence-electron chi connectivity index (χ0n) is 9.76. The molecule has 0 bridgehead atoms. The second-order valence-electron chi connectivity index (χ2n) is 3.73. The highest BCUT2D eigenvalue weighted by Gasteiger charge is 2.16. The number of rotatable bonds is 7. The molecule has 1 aromatic rings. The van der Waals surface area contributed by atoms with Gasteiger partial charge in [-0.3, -0.25) is 10.1 Å². The molecule has 1 heterocycles. The van der Waals surface area contributed by atoms with E-state index in [9.17, 15) is 10.1 Å². The molecule has 6 heteroatoms. The Labute approximate surface area is 99.4 Å². The molecule has 0 aliphatic heterocycles. The Hall–Kier alpha value is -1.69. The molecule has 0 amide bonds. The smallest absolute Gasteiger partial charge is 0.331 e. The predicted molar refractivity (Wildman–Crippen MR) is 62.1 cm³/mol. The molecular formula is C11H16N2O4. The Balaban J connectivity index is 2.55. The minimum atomic E-state index is -0.497. The fraction of sp³-hybridized carbons (Fsp3) is 0.545. The number of nitro groups is 1. The zero-order valence-corrected chi connectivity index (χ0v) is 9.76. The van der Waals surface area contributed by atoms with Crippen molar-refractivity contribution in [2.24, 2.45) is 0 Å². The number of aromatic nitrogens is 1. The summed E-state index contributed by atoms with van der Waals surface area (Å²) >= 11 is 0. The van der Waals surface area contributed by atoms with E-state index in [1.807, 2.05) is 0 Å². The van der Waals surface area contributed by atoms with Crippen LogP contribution >= 0.6 is 0 Å². The van der Waals surface area contributed by atoms with Crippen molar-refractivity contribution >= 4 is 5.69 Å². The van der Waals surface area contributed by atoms with Crippen LogP contribution in [0.25, 0.3) is 0 Å². The molecule has 0 saturated carbocycles. The van der Waals surface area contributed by atoms with Gasteiger partial charge in [-0.2, -0.15) is 0 Å². The van der Waals surface area contributed by atoms with Crippen LogP contribution in [0.5, 0.6) is 5.88 Å². The average molecular weight is 240 g/mol. The predicted octanol–water partition coefficient (Wildman–Crippen LogP) is 1.84. The molecule has 0 saturated heterocycles. The van der Waals surface area contributed by atoms with Gasteiger partial charge < -0.3 is 9.84 Å². The summed E-state index contributed by atoms with van der Waals surface area (Å²) in [7, 11) is 0. The topological polar surface area (TPSA) is 85.5 Å². The van der Waals surface area contributed by atoms with Gasteiger partial charge in [0.2, 0.25) is 0 Å². The number of aliphatic hydroxyl groups excluding tert-OH is 1. The van der Waals surface area contributed by atoms with Crippen LogP contribution in [-0.2, 0) is 0 Å². The Morgan fingerprint density at radius 3 is 2.88 bits per heavy atom. The van der Waals surface area contributed by atoms with Crippen molar-refractivity contribution in [3.05, 3.63) is 27.9 Å². The molecule has 0 aliphatic carbocycles. The molecule has 0 aromatic carbocycles. The van der Waals surface area contributed by atoms with Crippen molar-refractivity contribution in [3.63, 3.8) is 0 Å². The molecule has 0 radical (unpaired) electrons. The SMILES string of the molecule is Cc1cnc(OCCCCCO)c([N+](=O)[O-])c1. The van der Waals surface area contributed by atoms with Gasteiger partial charge in [0.1, 0.15) is 0 Å². The van der Waals surface area contributed by atoms with Crippen LogP contribution in [0, 0.1) is 17.0 Å². The molecular weight excluding hydrogens is 224 g/mol. The molecule has 1 aromatic heterocycles. The van der Waals surface area contributed by atoms with Crippen LogP contribution in [0.1, 0.15) is 24.8 Å². The number of unbranched alkanes of at least 4 members (excludes halogenated alkanes) is 2. The zero-order chi connectivity index (χ0) is 12.7. The first-order valence-corrected chi connectivity index (χ1v) is 5.50. The third kappa shape index (κ3) is 4.36. The van der Waals surface area contributed by atoms with Gasteiger partial charge in [0.15, 0.2) is 0 Å². The second-order valence-corrected chi connectivity index (χ2v) is 3.73. The molecule has 0 spiro atoms. The molecule has 17 heavy (non-hydrogen) atoms. The summed E-state index contributed by atoms with van der Waals surface area (Å²) in [5.41, 5.74) is 0.622. The highest BCUT2D eigenvalue weighted by molar-refractivity contribution is 5.42. The largest absolute Gasteiger partial charge is 0.473 e. The van der Waals surface area contributed by atoms with Gasteiger partial charge in [-0.25, -0.2) is 4.98 Å². The highest BCUT2D eigenvalue weighted by Crippen LogP contribution is 2.24. The van der Waals surface area contributed by atoms with E-state index in [1.54, 1.807) is 6.92 Å². The lowest BCUT2D eigenvalue weighted by Gasteiger charge is -2.05. The lowest BCUT2D eigenvalue weighted by molar-refractivity contribution is -0.386. The number of aryl methyl sites for hydroxylation is 1. The lowest BCUT2D eigenvalue weighted by atomic mass is 10.2. The fourth-order valence-corrected chi connectivity index (χ4v) is 1.34. The summed E-state index contributed by atoms with van der Waals surface area (Å²) in [5, 5.41) is 19.3. The van der Waals surface area contributed by atoms with Crippen molar-refractivity contribution in [3.8, 4) is 5.88 Å². The van der Waals surface area contributed by atoms with Gasteiger partial charge >= 0.3 is 5.69 Å². The summed E-state index contributed by atoms with van der Waals surface area (Å²) in [5.74, 6) is 0.0598. The number of aliphatic hydroxyl groups is 1. The molecule has 0 fully saturated rings. The van der Waals surface area contributed by atoms with Crippen LogP contribution < -0.4 is 4.74 Å². The Bertz CT molecular complexity index is 382. The molecule has 6 nitrogen and oxygen atoms in total. The van der Waals surface area contributed by atoms with Gasteiger partial charge in [-0.05, 0) is 31.7 Å². The van der Waals surface area contributed by atoms with Crippen molar-refractivity contribution in [1.82, 2.24) is 4.98 Å². The summed E-state index contributed by atoms with van der Waals surface area (Å²) in [6, 6.07) is 1.44. The van der Waals surface area contributed by atoms with Crippen LogP contribution in [0.4, 0.5) is 5.69 Å². The molecule has 1 N–H and O–H groups in total. The number of hydrogen-bond donors (Lipinski definition) is 1. The molecule has 1 rings (SSSR count). The van der Waals surface area contributed by atoms with E-state index in [2.05, 4.69) is 4.98 Å². The van der Waals surface area contributed by atoms with Crippen LogP contribution in [0.3, 0.4) is 0 Å². The first-order chi connectivity index (χ1) is 8.15. The van der Waals surface area contributed by atoms with Gasteiger partial charge in [0, 0.05) is 18.9 Å². The van der Waals surface area contributed by atoms with Crippen molar-refractivity contribution in [2.75, 3.05) is 13.2 Å². The second kappa shape index (κ2) is 6.80. The summed E-state index contributed by atoms with van der Waals surface area (Å²) in [6.07, 6.45) is 3.83. The number of nitrogens with zero attached hydrogens (tertiary/aromatic N) is 2. The van der Waals surface area contributed by atoms with E-state index in [0.717, 1.165) is 18.4 Å². The first kappa shape index (κ1) is 13.4. The van der Waals surface area contributed by atoms with Gasteiger partial charge in [0.05, 0.1) is 11.5 Å². The van der Waals surface area contributed by atoms with Crippen molar-refractivity contribution in [2.45, 2.75) is 26.2 Å². The average Bonchev–Trinajstić information content (AvgIpc) is 2.30. The normalized spacial score (nSPS) is 10.2. The Kier molecular flexibility index (Phi) is 5.35. The van der Waals surface area contributed by atoms with Gasteiger partial charge in [0.25, 0.3) is 5.88 Å². The maximum atomic E-state index is 10.8. The van der Waals surface area contributed by atoms with Crippen LogP contribution in [0.15, 0.2) is 12.3 Å². The maximum absolute atomic E-state index is 10.8. The molecule has 0 atom stereocenters. The number of ether oxygens (including phenoxy) is 1. The minimum Gasteiger partial charge on any atom is -0.473 e. The number of hydrogen-bond acceptors (Lipinski definition) is 5. The lowest BCUT2D eigenvalue weighted by Crippen LogP contribution is -2.03. The van der Waals surface area contributed by atoms with E-state index in [0.29, 0.717) is 13.0 Å². The Morgan fingerprint density at radius 1 is 1.47 bits per heavy atom. The van der Waals surface area contributed by atoms with Crippen LogP contribution in [0.2, 0.25) is 0 Å². The monoisotopic (exact) mass is 240 g/mol. The van der Waals surface area contributed by atoms with Crippen molar-refractivity contribution < 1.29 is 14.8 Å². The fourth-order valence-electron chi connectivity index (χ4n) is 1.34. The van der Waals surface area contributed by atoms with E-state index < -0.39 is 4.92 Å². The molecule has 94 valence electrons. The molecule has 0 aliphatic rings. The first-order valence-electron chi connectivity index (χ1n) is 5.50. The van der Waals surface area contributed by atoms with E-state index >= 15 is 0 Å². The summed E-state index contributed by atoms with van der Waals surface area (Å²) in [6.45, 7) is 2.27.